The first-order valence-corrected chi connectivity index (χ1v) is 7.45. The first-order chi connectivity index (χ1) is 11.2. The second-order valence-electron chi connectivity index (χ2n) is 5.33. The molecule has 0 spiro atoms. The number of carbonyl (C=O) groups excluding carboxylic acids is 2. The van der Waals surface area contributed by atoms with Crippen molar-refractivity contribution in [3.05, 3.63) is 71.9 Å². The second kappa shape index (κ2) is 6.48. The number of aryl methyl sites for hydroxylation is 1. The number of ether oxygens (including phenoxy) is 1. The Morgan fingerprint density at radius 1 is 1.04 bits per heavy atom. The van der Waals surface area contributed by atoms with Crippen molar-refractivity contribution in [3.8, 4) is 0 Å². The molecule has 1 aromatic heterocycles. The molecule has 23 heavy (non-hydrogen) atoms. The Morgan fingerprint density at radius 2 is 1.83 bits per heavy atom. The summed E-state index contributed by atoms with van der Waals surface area (Å²) in [6, 6.07) is 17.0. The Hall–Kier alpha value is -2.88. The van der Waals surface area contributed by atoms with Gasteiger partial charge in [0.2, 0.25) is 5.91 Å². The highest BCUT2D eigenvalue weighted by Crippen LogP contribution is 2.19. The molecule has 0 saturated heterocycles. The number of methoxy groups -OCH3 is 1. The zero-order chi connectivity index (χ0) is 16.2. The molecule has 0 radical (unpaired) electrons. The SMILES string of the molecule is COC(=O)c1ccc2c(ccn2C(=O)CCc2ccccc2)c1. The topological polar surface area (TPSA) is 48.3 Å². The molecule has 0 aliphatic heterocycles. The lowest BCUT2D eigenvalue weighted by molar-refractivity contribution is 0.0601. The normalized spacial score (nSPS) is 10.7. The summed E-state index contributed by atoms with van der Waals surface area (Å²) in [4.78, 5) is 24.0. The number of nitrogens with zero attached hydrogens (tertiary/aromatic N) is 1. The maximum atomic E-state index is 12.4. The van der Waals surface area contributed by atoms with E-state index in [0.29, 0.717) is 18.4 Å². The lowest BCUT2D eigenvalue weighted by Gasteiger charge is -2.05. The minimum atomic E-state index is -0.380. The number of rotatable bonds is 4. The Bertz CT molecular complexity index is 849. The summed E-state index contributed by atoms with van der Waals surface area (Å²) in [6.45, 7) is 0. The average Bonchev–Trinajstić information content (AvgIpc) is 3.03. The molecule has 4 nitrogen and oxygen atoms in total. The molecule has 1 heterocycles. The third-order valence-corrected chi connectivity index (χ3v) is 3.85. The quantitative estimate of drug-likeness (QED) is 0.690. The first-order valence-electron chi connectivity index (χ1n) is 7.45. The van der Waals surface area contributed by atoms with Crippen LogP contribution in [0.5, 0.6) is 0 Å². The Kier molecular flexibility index (Phi) is 4.24. The van der Waals surface area contributed by atoms with Gasteiger partial charge in [-0.2, -0.15) is 0 Å². The molecule has 0 saturated carbocycles. The van der Waals surface area contributed by atoms with Crippen LogP contribution in [-0.4, -0.2) is 23.6 Å². The predicted octanol–water partition coefficient (Wildman–Crippen LogP) is 3.70. The van der Waals surface area contributed by atoms with Crippen LogP contribution in [0.2, 0.25) is 0 Å². The van der Waals surface area contributed by atoms with E-state index in [1.165, 1.54) is 7.11 Å². The molecule has 4 heteroatoms. The molecule has 0 aliphatic rings. The van der Waals surface area contributed by atoms with Crippen molar-refractivity contribution in [2.24, 2.45) is 0 Å². The molecule has 2 aromatic carbocycles. The number of esters is 1. The second-order valence-corrected chi connectivity index (χ2v) is 5.33. The highest BCUT2D eigenvalue weighted by atomic mass is 16.5. The van der Waals surface area contributed by atoms with Crippen molar-refractivity contribution in [1.82, 2.24) is 4.57 Å². The van der Waals surface area contributed by atoms with E-state index in [4.69, 9.17) is 4.74 Å². The van der Waals surface area contributed by atoms with Gasteiger partial charge in [0.1, 0.15) is 0 Å². The molecular weight excluding hydrogens is 290 g/mol. The van der Waals surface area contributed by atoms with Gasteiger partial charge in [0.25, 0.3) is 0 Å². The van der Waals surface area contributed by atoms with E-state index in [9.17, 15) is 9.59 Å². The number of aromatic nitrogens is 1. The fourth-order valence-electron chi connectivity index (χ4n) is 2.62. The lowest BCUT2D eigenvalue weighted by Crippen LogP contribution is -2.10. The Labute approximate surface area is 134 Å². The zero-order valence-electron chi connectivity index (χ0n) is 12.9. The predicted molar refractivity (Wildman–Crippen MR) is 88.7 cm³/mol. The van der Waals surface area contributed by atoms with E-state index in [-0.39, 0.29) is 11.9 Å². The summed E-state index contributed by atoms with van der Waals surface area (Å²) >= 11 is 0. The van der Waals surface area contributed by atoms with Crippen LogP contribution < -0.4 is 0 Å². The standard InChI is InChI=1S/C19H17NO3/c1-23-19(22)16-8-9-17-15(13-16)11-12-20(17)18(21)10-7-14-5-3-2-4-6-14/h2-6,8-9,11-13H,7,10H2,1H3. The van der Waals surface area contributed by atoms with Gasteiger partial charge in [-0.1, -0.05) is 30.3 Å². The molecule has 0 aliphatic carbocycles. The summed E-state index contributed by atoms with van der Waals surface area (Å²) in [6.07, 6.45) is 2.89. The number of benzene rings is 2. The van der Waals surface area contributed by atoms with Gasteiger partial charge in [-0.15, -0.1) is 0 Å². The van der Waals surface area contributed by atoms with Crippen LogP contribution in [0.4, 0.5) is 0 Å². The van der Waals surface area contributed by atoms with E-state index < -0.39 is 0 Å². The maximum absolute atomic E-state index is 12.4. The molecule has 3 rings (SSSR count). The maximum Gasteiger partial charge on any atom is 0.337 e. The van der Waals surface area contributed by atoms with Gasteiger partial charge in [0.05, 0.1) is 18.2 Å². The minimum Gasteiger partial charge on any atom is -0.465 e. The van der Waals surface area contributed by atoms with Gasteiger partial charge in [-0.05, 0) is 36.2 Å². The molecule has 0 fully saturated rings. The van der Waals surface area contributed by atoms with Crippen molar-refractivity contribution >= 4 is 22.8 Å². The van der Waals surface area contributed by atoms with E-state index in [1.54, 1.807) is 29.0 Å². The molecule has 116 valence electrons. The van der Waals surface area contributed by atoms with Crippen LogP contribution in [0.1, 0.15) is 27.1 Å². The monoisotopic (exact) mass is 307 g/mol. The largest absolute Gasteiger partial charge is 0.465 e. The minimum absolute atomic E-state index is 0.0367. The van der Waals surface area contributed by atoms with Crippen molar-refractivity contribution in [2.75, 3.05) is 7.11 Å². The third kappa shape index (κ3) is 3.16. The van der Waals surface area contributed by atoms with Gasteiger partial charge in [-0.25, -0.2) is 4.79 Å². The number of hydrogen-bond donors (Lipinski definition) is 0. The van der Waals surface area contributed by atoms with E-state index in [0.717, 1.165) is 16.5 Å². The van der Waals surface area contributed by atoms with E-state index in [1.807, 2.05) is 36.4 Å². The average molecular weight is 307 g/mol. The smallest absolute Gasteiger partial charge is 0.337 e. The lowest BCUT2D eigenvalue weighted by atomic mass is 10.1. The van der Waals surface area contributed by atoms with Crippen LogP contribution in [0.15, 0.2) is 60.8 Å². The Morgan fingerprint density at radius 3 is 2.57 bits per heavy atom. The van der Waals surface area contributed by atoms with Crippen LogP contribution in [0, 0.1) is 0 Å². The molecule has 3 aromatic rings. The van der Waals surface area contributed by atoms with Gasteiger partial charge in [-0.3, -0.25) is 9.36 Å². The molecular formula is C19H17NO3. The zero-order valence-corrected chi connectivity index (χ0v) is 12.9. The van der Waals surface area contributed by atoms with E-state index >= 15 is 0 Å². The van der Waals surface area contributed by atoms with Gasteiger partial charge < -0.3 is 4.74 Å². The van der Waals surface area contributed by atoms with Gasteiger partial charge in [0, 0.05) is 18.0 Å². The van der Waals surface area contributed by atoms with Crippen LogP contribution in [0.3, 0.4) is 0 Å². The molecule has 0 amide bonds. The van der Waals surface area contributed by atoms with Gasteiger partial charge >= 0.3 is 5.97 Å². The van der Waals surface area contributed by atoms with Crippen LogP contribution >= 0.6 is 0 Å². The number of hydrogen-bond acceptors (Lipinski definition) is 3. The van der Waals surface area contributed by atoms with Crippen molar-refractivity contribution in [1.29, 1.82) is 0 Å². The molecule has 0 unspecified atom stereocenters. The summed E-state index contributed by atoms with van der Waals surface area (Å²) < 4.78 is 6.35. The van der Waals surface area contributed by atoms with Crippen LogP contribution in [0.25, 0.3) is 10.9 Å². The van der Waals surface area contributed by atoms with Crippen molar-refractivity contribution < 1.29 is 14.3 Å². The first kappa shape index (κ1) is 15.0. The third-order valence-electron chi connectivity index (χ3n) is 3.85. The molecule has 0 N–H and O–H groups in total. The number of carbonyl (C=O) groups is 2. The van der Waals surface area contributed by atoms with Gasteiger partial charge in [0.15, 0.2) is 0 Å². The van der Waals surface area contributed by atoms with Crippen molar-refractivity contribution in [3.63, 3.8) is 0 Å². The number of fused-ring (bicyclic) bond motifs is 1. The fraction of sp³-hybridized carbons (Fsp3) is 0.158. The summed E-state index contributed by atoms with van der Waals surface area (Å²) in [5.74, 6) is -0.343. The van der Waals surface area contributed by atoms with Crippen LogP contribution in [-0.2, 0) is 11.2 Å². The van der Waals surface area contributed by atoms with Crippen molar-refractivity contribution in [2.45, 2.75) is 12.8 Å². The highest BCUT2D eigenvalue weighted by molar-refractivity contribution is 5.98. The molecule has 0 bridgehead atoms. The summed E-state index contributed by atoms with van der Waals surface area (Å²) in [7, 11) is 1.35. The molecule has 0 atom stereocenters. The van der Waals surface area contributed by atoms with E-state index in [2.05, 4.69) is 0 Å². The Balaban J connectivity index is 1.80. The summed E-state index contributed by atoms with van der Waals surface area (Å²) in [5, 5.41) is 0.848. The highest BCUT2D eigenvalue weighted by Gasteiger charge is 2.12. The fourth-order valence-corrected chi connectivity index (χ4v) is 2.62. The summed E-state index contributed by atoms with van der Waals surface area (Å²) in [5.41, 5.74) is 2.43.